The molecule has 1 amide bonds. The van der Waals surface area contributed by atoms with Crippen molar-refractivity contribution in [3.63, 3.8) is 0 Å². The van der Waals surface area contributed by atoms with Crippen molar-refractivity contribution < 1.29 is 22.0 Å². The predicted octanol–water partition coefficient (Wildman–Crippen LogP) is 2.68. The number of carbonyl (C=O) groups is 1. The quantitative estimate of drug-likeness (QED) is 0.819. The van der Waals surface area contributed by atoms with Crippen molar-refractivity contribution in [2.75, 3.05) is 15.8 Å². The van der Waals surface area contributed by atoms with E-state index < -0.39 is 39.2 Å². The van der Waals surface area contributed by atoms with E-state index in [9.17, 15) is 22.0 Å². The Labute approximate surface area is 144 Å². The molecule has 2 aromatic rings. The number of nitrogens with one attached hydrogen (secondary N) is 2. The number of aromatic nitrogens is 1. The summed E-state index contributed by atoms with van der Waals surface area (Å²) in [6.45, 7) is 3.19. The van der Waals surface area contributed by atoms with Crippen LogP contribution in [0.4, 0.5) is 20.2 Å². The largest absolute Gasteiger partial charge is 0.326 e. The van der Waals surface area contributed by atoms with Crippen LogP contribution in [0.5, 0.6) is 0 Å². The van der Waals surface area contributed by atoms with Gasteiger partial charge in [0.1, 0.15) is 11.6 Å². The highest BCUT2D eigenvalue weighted by atomic mass is 32.2. The zero-order valence-electron chi connectivity index (χ0n) is 13.6. The summed E-state index contributed by atoms with van der Waals surface area (Å²) >= 11 is 0. The van der Waals surface area contributed by atoms with Gasteiger partial charge in [0.05, 0.1) is 17.4 Å². The highest BCUT2D eigenvalue weighted by Gasteiger charge is 2.23. The van der Waals surface area contributed by atoms with Crippen LogP contribution in [0.1, 0.15) is 12.6 Å². The molecule has 0 radical (unpaired) electrons. The van der Waals surface area contributed by atoms with E-state index in [-0.39, 0.29) is 5.69 Å². The third kappa shape index (κ3) is 5.49. The van der Waals surface area contributed by atoms with Crippen molar-refractivity contribution >= 4 is 27.3 Å². The van der Waals surface area contributed by atoms with Gasteiger partial charge in [-0.2, -0.15) is 0 Å². The molecule has 1 aromatic heterocycles. The molecule has 0 aliphatic rings. The van der Waals surface area contributed by atoms with E-state index in [4.69, 9.17) is 0 Å². The minimum absolute atomic E-state index is 0.376. The molecule has 9 heteroatoms. The lowest BCUT2D eigenvalue weighted by molar-refractivity contribution is -0.118. The van der Waals surface area contributed by atoms with Gasteiger partial charge in [0.2, 0.25) is 15.9 Å². The van der Waals surface area contributed by atoms with Crippen LogP contribution in [0.3, 0.4) is 0 Å². The summed E-state index contributed by atoms with van der Waals surface area (Å²) in [4.78, 5) is 16.1. The minimum Gasteiger partial charge on any atom is -0.326 e. The first-order valence-electron chi connectivity index (χ1n) is 7.35. The number of aryl methyl sites for hydroxylation is 1. The van der Waals surface area contributed by atoms with Crippen LogP contribution in [-0.4, -0.2) is 25.1 Å². The number of hydrogen-bond acceptors (Lipinski definition) is 4. The maximum Gasteiger partial charge on any atom is 0.233 e. The van der Waals surface area contributed by atoms with Crippen LogP contribution in [0.2, 0.25) is 0 Å². The Morgan fingerprint density at radius 2 is 1.96 bits per heavy atom. The number of amides is 1. The van der Waals surface area contributed by atoms with E-state index in [1.165, 1.54) is 13.1 Å². The van der Waals surface area contributed by atoms with E-state index in [1.807, 2.05) is 4.72 Å². The average Bonchev–Trinajstić information content (AvgIpc) is 2.49. The van der Waals surface area contributed by atoms with Gasteiger partial charge in [0, 0.05) is 23.6 Å². The Morgan fingerprint density at radius 3 is 2.60 bits per heavy atom. The van der Waals surface area contributed by atoms with Crippen molar-refractivity contribution in [2.24, 2.45) is 5.92 Å². The van der Waals surface area contributed by atoms with Gasteiger partial charge in [-0.3, -0.25) is 14.5 Å². The number of pyridine rings is 1. The molecule has 6 nitrogen and oxygen atoms in total. The van der Waals surface area contributed by atoms with Gasteiger partial charge in [-0.15, -0.1) is 0 Å². The minimum atomic E-state index is -4.00. The summed E-state index contributed by atoms with van der Waals surface area (Å²) in [5.74, 6) is -3.81. The topological polar surface area (TPSA) is 88.2 Å². The van der Waals surface area contributed by atoms with Crippen molar-refractivity contribution in [1.82, 2.24) is 4.98 Å². The zero-order chi connectivity index (χ0) is 18.6. The lowest BCUT2D eigenvalue weighted by Crippen LogP contribution is -2.30. The van der Waals surface area contributed by atoms with Gasteiger partial charge >= 0.3 is 0 Å². The van der Waals surface area contributed by atoms with Crippen LogP contribution in [0.25, 0.3) is 0 Å². The molecule has 1 heterocycles. The first-order chi connectivity index (χ1) is 11.7. The van der Waals surface area contributed by atoms with Crippen molar-refractivity contribution in [3.8, 4) is 0 Å². The van der Waals surface area contributed by atoms with Crippen LogP contribution < -0.4 is 10.0 Å². The van der Waals surface area contributed by atoms with E-state index in [0.717, 1.165) is 12.1 Å². The standard InChI is InChI=1S/C16H17F2N3O3S/c1-10(16(22)20-13-5-6-19-11(2)7-13)9-25(23,24)21-15-4-3-12(17)8-14(15)18/h3-8,10,21H,9H2,1-2H3,(H,19,20,22). The number of rotatable bonds is 6. The molecule has 0 spiro atoms. The molecule has 2 N–H and O–H groups in total. The van der Waals surface area contributed by atoms with E-state index in [1.54, 1.807) is 19.1 Å². The molecule has 0 saturated carbocycles. The predicted molar refractivity (Wildman–Crippen MR) is 90.5 cm³/mol. The van der Waals surface area contributed by atoms with Crippen molar-refractivity contribution in [1.29, 1.82) is 0 Å². The normalized spacial score (nSPS) is 12.5. The van der Waals surface area contributed by atoms with Gasteiger partial charge in [-0.1, -0.05) is 6.92 Å². The fourth-order valence-corrected chi connectivity index (χ4v) is 3.47. The molecule has 1 aromatic carbocycles. The molecular formula is C16H17F2N3O3S. The first kappa shape index (κ1) is 18.8. The molecule has 0 bridgehead atoms. The van der Waals surface area contributed by atoms with Gasteiger partial charge < -0.3 is 5.32 Å². The van der Waals surface area contributed by atoms with Crippen LogP contribution in [0.15, 0.2) is 36.5 Å². The molecule has 1 atom stereocenters. The van der Waals surface area contributed by atoms with Crippen LogP contribution >= 0.6 is 0 Å². The number of nitrogens with zero attached hydrogens (tertiary/aromatic N) is 1. The van der Waals surface area contributed by atoms with E-state index >= 15 is 0 Å². The fraction of sp³-hybridized carbons (Fsp3) is 0.250. The molecule has 0 aliphatic carbocycles. The SMILES string of the molecule is Cc1cc(NC(=O)C(C)CS(=O)(=O)Nc2ccc(F)cc2F)ccn1. The number of benzene rings is 1. The summed E-state index contributed by atoms with van der Waals surface area (Å²) in [6.07, 6.45) is 1.52. The summed E-state index contributed by atoms with van der Waals surface area (Å²) in [7, 11) is -4.00. The van der Waals surface area contributed by atoms with Gasteiger partial charge in [-0.25, -0.2) is 17.2 Å². The molecule has 134 valence electrons. The Morgan fingerprint density at radius 1 is 1.24 bits per heavy atom. The van der Waals surface area contributed by atoms with E-state index in [2.05, 4.69) is 10.3 Å². The molecule has 0 saturated heterocycles. The van der Waals surface area contributed by atoms with Gasteiger partial charge in [0.25, 0.3) is 0 Å². The number of carbonyl (C=O) groups excluding carboxylic acids is 1. The highest BCUT2D eigenvalue weighted by Crippen LogP contribution is 2.18. The van der Waals surface area contributed by atoms with Crippen molar-refractivity contribution in [3.05, 3.63) is 53.9 Å². The zero-order valence-corrected chi connectivity index (χ0v) is 14.4. The number of halogens is 2. The average molecular weight is 369 g/mol. The molecule has 2 rings (SSSR count). The monoisotopic (exact) mass is 369 g/mol. The van der Waals surface area contributed by atoms with Gasteiger partial charge in [-0.05, 0) is 31.2 Å². The number of sulfonamides is 1. The number of anilines is 2. The van der Waals surface area contributed by atoms with Crippen molar-refractivity contribution in [2.45, 2.75) is 13.8 Å². The third-order valence-corrected chi connectivity index (χ3v) is 4.75. The molecule has 0 fully saturated rings. The summed E-state index contributed by atoms with van der Waals surface area (Å²) < 4.78 is 52.6. The second-order valence-electron chi connectivity index (χ2n) is 5.58. The van der Waals surface area contributed by atoms with E-state index in [0.29, 0.717) is 17.4 Å². The first-order valence-corrected chi connectivity index (χ1v) is 9.00. The molecule has 25 heavy (non-hydrogen) atoms. The van der Waals surface area contributed by atoms with Crippen LogP contribution in [-0.2, 0) is 14.8 Å². The Kier molecular flexibility index (Phi) is 5.68. The molecule has 0 aliphatic heterocycles. The summed E-state index contributed by atoms with van der Waals surface area (Å²) in [5.41, 5.74) is 0.824. The lowest BCUT2D eigenvalue weighted by Gasteiger charge is -2.14. The Bertz CT molecular complexity index is 888. The van der Waals surface area contributed by atoms with Gasteiger partial charge in [0.15, 0.2) is 0 Å². The second-order valence-corrected chi connectivity index (χ2v) is 7.35. The Balaban J connectivity index is 2.02. The highest BCUT2D eigenvalue weighted by molar-refractivity contribution is 7.92. The molecule has 1 unspecified atom stereocenters. The van der Waals surface area contributed by atoms with Crippen LogP contribution in [0, 0.1) is 24.5 Å². The summed E-state index contributed by atoms with van der Waals surface area (Å²) in [6, 6.07) is 5.71. The third-order valence-electron chi connectivity index (χ3n) is 3.28. The maximum absolute atomic E-state index is 13.5. The summed E-state index contributed by atoms with van der Waals surface area (Å²) in [5, 5.41) is 2.59. The second kappa shape index (κ2) is 7.56. The lowest BCUT2D eigenvalue weighted by atomic mass is 10.2. The Hall–Kier alpha value is -2.55. The molecular weight excluding hydrogens is 352 g/mol. The maximum atomic E-state index is 13.5. The smallest absolute Gasteiger partial charge is 0.233 e. The number of hydrogen-bond donors (Lipinski definition) is 2. The fourth-order valence-electron chi connectivity index (χ4n) is 2.08.